The molecule has 1 aromatic carbocycles. The maximum absolute atomic E-state index is 12.5. The van der Waals surface area contributed by atoms with Gasteiger partial charge in [-0.2, -0.15) is 0 Å². The first-order valence-electron chi connectivity index (χ1n) is 9.01. The first-order chi connectivity index (χ1) is 12.1. The molecule has 1 saturated heterocycles. The quantitative estimate of drug-likeness (QED) is 0.752. The molecule has 3 N–H and O–H groups in total. The van der Waals surface area contributed by atoms with Crippen LogP contribution in [0.1, 0.15) is 44.7 Å². The number of carbonyl (C=O) groups is 1. The molecule has 6 nitrogen and oxygen atoms in total. The highest BCUT2D eigenvalue weighted by Crippen LogP contribution is 2.30. The number of methoxy groups -OCH3 is 1. The van der Waals surface area contributed by atoms with Gasteiger partial charge in [0.2, 0.25) is 5.91 Å². The van der Waals surface area contributed by atoms with Gasteiger partial charge < -0.3 is 25.3 Å². The predicted octanol–water partition coefficient (Wildman–Crippen LogP) is 2.42. The van der Waals surface area contributed by atoms with Gasteiger partial charge in [0.1, 0.15) is 0 Å². The van der Waals surface area contributed by atoms with Gasteiger partial charge in [-0.1, -0.05) is 13.0 Å². The Kier molecular flexibility index (Phi) is 7.52. The number of amides is 1. The highest BCUT2D eigenvalue weighted by molar-refractivity contribution is 5.82. The van der Waals surface area contributed by atoms with Crippen LogP contribution in [-0.4, -0.2) is 38.9 Å². The summed E-state index contributed by atoms with van der Waals surface area (Å²) in [6.07, 6.45) is 2.60. The summed E-state index contributed by atoms with van der Waals surface area (Å²) in [7, 11) is 1.61. The molecule has 0 bridgehead atoms. The van der Waals surface area contributed by atoms with E-state index in [1.54, 1.807) is 7.11 Å². The average Bonchev–Trinajstić information content (AvgIpc) is 2.66. The summed E-state index contributed by atoms with van der Waals surface area (Å²) in [5.41, 5.74) is 7.09. The molecular weight excluding hydrogens is 320 g/mol. The summed E-state index contributed by atoms with van der Waals surface area (Å²) < 4.78 is 16.4. The van der Waals surface area contributed by atoms with Gasteiger partial charge in [0, 0.05) is 13.2 Å². The third kappa shape index (κ3) is 5.34. The third-order valence-corrected chi connectivity index (χ3v) is 4.58. The lowest BCUT2D eigenvalue weighted by atomic mass is 9.91. The zero-order valence-corrected chi connectivity index (χ0v) is 15.4. The number of hydrogen-bond donors (Lipinski definition) is 2. The second-order valence-electron chi connectivity index (χ2n) is 6.46. The van der Waals surface area contributed by atoms with Crippen LogP contribution in [0.3, 0.4) is 0 Å². The molecule has 0 radical (unpaired) electrons. The van der Waals surface area contributed by atoms with Gasteiger partial charge in [0.25, 0.3) is 0 Å². The summed E-state index contributed by atoms with van der Waals surface area (Å²) in [4.78, 5) is 12.5. The van der Waals surface area contributed by atoms with Crippen molar-refractivity contribution in [2.45, 2.75) is 45.2 Å². The Morgan fingerprint density at radius 1 is 1.36 bits per heavy atom. The lowest BCUT2D eigenvalue weighted by Crippen LogP contribution is -2.47. The Labute approximate surface area is 150 Å². The van der Waals surface area contributed by atoms with Crippen molar-refractivity contribution in [1.29, 1.82) is 0 Å². The van der Waals surface area contributed by atoms with Crippen LogP contribution in [0, 0.1) is 5.92 Å². The fraction of sp³-hybridized carbons (Fsp3) is 0.632. The molecule has 2 atom stereocenters. The van der Waals surface area contributed by atoms with Crippen LogP contribution < -0.4 is 20.5 Å². The standard InChI is InChI=1S/C19H30N2O4/c1-4-9-25-16-6-5-15(12-17(16)23-3)13(2)21-19(22)18(20)14-7-10-24-11-8-14/h5-6,12-14,18H,4,7-11,20H2,1-3H3,(H,21,22). The van der Waals surface area contributed by atoms with Crippen molar-refractivity contribution in [1.82, 2.24) is 5.32 Å². The van der Waals surface area contributed by atoms with Crippen molar-refractivity contribution in [2.24, 2.45) is 11.7 Å². The fourth-order valence-electron chi connectivity index (χ4n) is 2.97. The van der Waals surface area contributed by atoms with Crippen LogP contribution in [0.2, 0.25) is 0 Å². The normalized spacial score (nSPS) is 17.6. The number of nitrogens with one attached hydrogen (secondary N) is 1. The second-order valence-corrected chi connectivity index (χ2v) is 6.46. The molecule has 1 heterocycles. The number of benzene rings is 1. The Balaban J connectivity index is 1.99. The lowest BCUT2D eigenvalue weighted by Gasteiger charge is -2.28. The van der Waals surface area contributed by atoms with Gasteiger partial charge in [0.15, 0.2) is 11.5 Å². The molecule has 2 unspecified atom stereocenters. The van der Waals surface area contributed by atoms with E-state index in [4.69, 9.17) is 19.9 Å². The van der Waals surface area contributed by atoms with E-state index in [0.29, 0.717) is 31.3 Å². The van der Waals surface area contributed by atoms with Crippen molar-refractivity contribution in [3.8, 4) is 11.5 Å². The first-order valence-corrected chi connectivity index (χ1v) is 9.01. The molecule has 0 saturated carbocycles. The average molecular weight is 350 g/mol. The SMILES string of the molecule is CCCOc1ccc(C(C)NC(=O)C(N)C2CCOCC2)cc1OC. The molecule has 0 aliphatic carbocycles. The molecule has 140 valence electrons. The van der Waals surface area contributed by atoms with Gasteiger partial charge in [0.05, 0.1) is 25.8 Å². The van der Waals surface area contributed by atoms with E-state index in [1.165, 1.54) is 0 Å². The third-order valence-electron chi connectivity index (χ3n) is 4.58. The molecule has 25 heavy (non-hydrogen) atoms. The van der Waals surface area contributed by atoms with Crippen LogP contribution in [0.25, 0.3) is 0 Å². The topological polar surface area (TPSA) is 82.8 Å². The Morgan fingerprint density at radius 3 is 2.72 bits per heavy atom. The minimum Gasteiger partial charge on any atom is -0.493 e. The zero-order chi connectivity index (χ0) is 18.2. The fourth-order valence-corrected chi connectivity index (χ4v) is 2.97. The lowest BCUT2D eigenvalue weighted by molar-refractivity contribution is -0.125. The minimum absolute atomic E-state index is 0.121. The molecule has 1 aliphatic rings. The molecule has 1 fully saturated rings. The van der Waals surface area contributed by atoms with E-state index >= 15 is 0 Å². The van der Waals surface area contributed by atoms with E-state index in [-0.39, 0.29) is 17.9 Å². The molecule has 2 rings (SSSR count). The van der Waals surface area contributed by atoms with Crippen LogP contribution >= 0.6 is 0 Å². The van der Waals surface area contributed by atoms with Crippen LogP contribution in [0.15, 0.2) is 18.2 Å². The number of carbonyl (C=O) groups excluding carboxylic acids is 1. The van der Waals surface area contributed by atoms with E-state index in [1.807, 2.05) is 25.1 Å². The monoisotopic (exact) mass is 350 g/mol. The molecular formula is C19H30N2O4. The van der Waals surface area contributed by atoms with Crippen LogP contribution in [0.5, 0.6) is 11.5 Å². The van der Waals surface area contributed by atoms with E-state index in [0.717, 1.165) is 24.8 Å². The minimum atomic E-state index is -0.500. The molecule has 1 aromatic rings. The van der Waals surface area contributed by atoms with E-state index in [9.17, 15) is 4.79 Å². The van der Waals surface area contributed by atoms with Gasteiger partial charge in [-0.15, -0.1) is 0 Å². The maximum atomic E-state index is 12.5. The van der Waals surface area contributed by atoms with Crippen molar-refractivity contribution in [3.63, 3.8) is 0 Å². The Hall–Kier alpha value is -1.79. The summed E-state index contributed by atoms with van der Waals surface area (Å²) in [6.45, 7) is 5.99. The van der Waals surface area contributed by atoms with Gasteiger partial charge in [-0.25, -0.2) is 0 Å². The summed E-state index contributed by atoms with van der Waals surface area (Å²) >= 11 is 0. The summed E-state index contributed by atoms with van der Waals surface area (Å²) in [5.74, 6) is 1.44. The largest absolute Gasteiger partial charge is 0.493 e. The molecule has 6 heteroatoms. The first kappa shape index (κ1) is 19.5. The molecule has 1 amide bonds. The second kappa shape index (κ2) is 9.63. The zero-order valence-electron chi connectivity index (χ0n) is 15.4. The van der Waals surface area contributed by atoms with Crippen molar-refractivity contribution in [2.75, 3.05) is 26.9 Å². The summed E-state index contributed by atoms with van der Waals surface area (Å²) in [6, 6.07) is 5.06. The Bertz CT molecular complexity index is 558. The molecule has 1 aliphatic heterocycles. The maximum Gasteiger partial charge on any atom is 0.237 e. The number of hydrogen-bond acceptors (Lipinski definition) is 5. The Morgan fingerprint density at radius 2 is 2.08 bits per heavy atom. The van der Waals surface area contributed by atoms with Crippen LogP contribution in [0.4, 0.5) is 0 Å². The van der Waals surface area contributed by atoms with Gasteiger partial charge >= 0.3 is 0 Å². The number of ether oxygens (including phenoxy) is 3. The number of rotatable bonds is 8. The predicted molar refractivity (Wildman–Crippen MR) is 96.9 cm³/mol. The molecule has 0 aromatic heterocycles. The van der Waals surface area contributed by atoms with Crippen LogP contribution in [-0.2, 0) is 9.53 Å². The molecule has 0 spiro atoms. The van der Waals surface area contributed by atoms with E-state index in [2.05, 4.69) is 12.2 Å². The summed E-state index contributed by atoms with van der Waals surface area (Å²) in [5, 5.41) is 3.01. The van der Waals surface area contributed by atoms with Gasteiger partial charge in [-0.3, -0.25) is 4.79 Å². The number of nitrogens with two attached hydrogens (primary N) is 1. The highest BCUT2D eigenvalue weighted by Gasteiger charge is 2.27. The van der Waals surface area contributed by atoms with Crippen molar-refractivity contribution < 1.29 is 19.0 Å². The smallest absolute Gasteiger partial charge is 0.237 e. The van der Waals surface area contributed by atoms with Gasteiger partial charge in [-0.05, 0) is 49.8 Å². The van der Waals surface area contributed by atoms with E-state index < -0.39 is 6.04 Å². The van der Waals surface area contributed by atoms with Crippen molar-refractivity contribution >= 4 is 5.91 Å². The van der Waals surface area contributed by atoms with Crippen molar-refractivity contribution in [3.05, 3.63) is 23.8 Å². The highest BCUT2D eigenvalue weighted by atomic mass is 16.5.